The molecule has 0 aromatic heterocycles. The number of benzene rings is 1. The highest BCUT2D eigenvalue weighted by molar-refractivity contribution is 5.76. The SMILES string of the molecule is CCCCCCCCCCCCCCCCCC(=O)N[C@@H](CO[C@@H]1OC(CO)[C@@H](O[C@@H]2OC(CO)[C@H](O[C@@H]3OC(CO)[C@H](O)C(O[C@@H]4OC(CO)[C@H](O)C(O)C4O)C3NC(C)=O)C(O[C@]3(C=O)CC(O)[C@@H](NC(C)=O)C([C@H](O)[C@H](O)CO)O3)C2O)C(O)C1O)[C@H](O)/C=C\c1cc(C(F)(F)F)cc(C)c1F. The number of halogens is 4. The van der Waals surface area contributed by atoms with E-state index in [9.17, 15) is 114 Å². The van der Waals surface area contributed by atoms with Gasteiger partial charge in [0.05, 0.1) is 69.5 Å². The van der Waals surface area contributed by atoms with Crippen LogP contribution in [0.2, 0.25) is 0 Å². The Bertz CT molecular complexity index is 2830. The van der Waals surface area contributed by atoms with Crippen molar-refractivity contribution in [2.45, 2.75) is 314 Å². The minimum absolute atomic E-state index is 0.0721. The van der Waals surface area contributed by atoms with Crippen LogP contribution in [0.4, 0.5) is 17.6 Å². The number of unbranched alkanes of at least 4 members (excludes halogenated alkanes) is 14. The summed E-state index contributed by atoms with van der Waals surface area (Å²) in [4.78, 5) is 52.6. The van der Waals surface area contributed by atoms with Crippen LogP contribution in [0.5, 0.6) is 0 Å². The molecule has 5 aliphatic rings. The van der Waals surface area contributed by atoms with Gasteiger partial charge in [-0.25, -0.2) is 4.39 Å². The number of hydrogen-bond acceptors (Lipinski definition) is 30. The van der Waals surface area contributed by atoms with E-state index in [0.29, 0.717) is 25.0 Å². The third kappa shape index (κ3) is 24.6. The van der Waals surface area contributed by atoms with Crippen molar-refractivity contribution in [2.24, 2.45) is 0 Å². The molecule has 105 heavy (non-hydrogen) atoms. The van der Waals surface area contributed by atoms with Crippen molar-refractivity contribution >= 4 is 30.1 Å². The molecule has 14 unspecified atom stereocenters. The van der Waals surface area contributed by atoms with Gasteiger partial charge < -0.3 is 145 Å². The molecule has 0 aliphatic carbocycles. The predicted molar refractivity (Wildman–Crippen MR) is 352 cm³/mol. The second-order valence-electron chi connectivity index (χ2n) is 27.4. The molecule has 5 aliphatic heterocycles. The Labute approximate surface area is 604 Å². The zero-order valence-electron chi connectivity index (χ0n) is 59.1. The molecule has 1 aromatic carbocycles. The first-order valence-electron chi connectivity index (χ1n) is 35.8. The van der Waals surface area contributed by atoms with Crippen LogP contribution in [-0.2, 0) is 72.7 Å². The molecular weight excluding hydrogens is 1410 g/mol. The van der Waals surface area contributed by atoms with Crippen molar-refractivity contribution in [1.82, 2.24) is 16.0 Å². The summed E-state index contributed by atoms with van der Waals surface area (Å²) < 4.78 is 117. The molecule has 5 heterocycles. The number of rotatable bonds is 41. The standard InChI is InChI=1S/C68H109F4N3O30/c1-5-6-7-8-9-10-11-12-13-14-15-16-17-18-19-20-46(87)75-38(39(84)22-21-36-24-37(68(70,71)72)23-33(2)47(36)69)31-96-64-56(94)54(92)58(44(29-79)99-64)101-66-57(95)62(105-67(32-81)25-40(85)48(73-34(3)82)61(104-67)50(88)41(86)26-76)59(45(30-80)100-66)102-63-49(74-35(4)83)60(52(90)43(28-78)97-63)103-65-55(93)53(91)51(89)42(27-77)98-65/h21-24,32,38-45,48-66,76-80,84-86,88-95H,5-20,25-31H2,1-4H3,(H,73,82)(H,74,83)(H,75,87)/b22-21-/t38-,39+,40?,41+,42?,43?,44?,45?,48+,49?,50+,51-,52-,53?,54?,55?,56?,57?,58+,59-,60?,61?,62?,63-,64+,65-,66-,67-/m0/s1. The molecule has 0 radical (unpaired) electrons. The predicted octanol–water partition coefficient (Wildman–Crippen LogP) is -3.01. The van der Waals surface area contributed by atoms with Gasteiger partial charge in [-0.05, 0) is 31.0 Å². The highest BCUT2D eigenvalue weighted by Crippen LogP contribution is 2.41. The quantitative estimate of drug-likeness (QED) is 0.0176. The lowest BCUT2D eigenvalue weighted by Crippen LogP contribution is -2.71. The van der Waals surface area contributed by atoms with Crippen molar-refractivity contribution in [1.29, 1.82) is 0 Å². The number of nitrogens with one attached hydrogen (secondary N) is 3. The van der Waals surface area contributed by atoms with Gasteiger partial charge in [-0.1, -0.05) is 109 Å². The minimum Gasteiger partial charge on any atom is -0.394 e. The molecule has 5 saturated heterocycles. The third-order valence-corrected chi connectivity index (χ3v) is 19.3. The lowest BCUT2D eigenvalue weighted by molar-refractivity contribution is -0.400. The lowest BCUT2D eigenvalue weighted by atomic mass is 9.88. The van der Waals surface area contributed by atoms with Crippen LogP contribution >= 0.6 is 0 Å². The maximum absolute atomic E-state index is 15.3. The molecule has 0 saturated carbocycles. The fourth-order valence-electron chi connectivity index (χ4n) is 13.4. The van der Waals surface area contributed by atoms with Crippen molar-refractivity contribution in [3.05, 3.63) is 40.7 Å². The average Bonchev–Trinajstić information content (AvgIpc) is 0.751. The number of amides is 3. The summed E-state index contributed by atoms with van der Waals surface area (Å²) in [5.41, 5.74) is -2.16. The van der Waals surface area contributed by atoms with Crippen molar-refractivity contribution in [3.63, 3.8) is 0 Å². The fraction of sp³-hybridized carbons (Fsp3) is 0.824. The molecular formula is C68H109F4N3O30. The molecule has 3 amide bonds. The Morgan fingerprint density at radius 2 is 1.10 bits per heavy atom. The summed E-state index contributed by atoms with van der Waals surface area (Å²) in [5, 5.41) is 185. The largest absolute Gasteiger partial charge is 0.416 e. The van der Waals surface area contributed by atoms with Crippen LogP contribution < -0.4 is 16.0 Å². The second kappa shape index (κ2) is 42.8. The summed E-state index contributed by atoms with van der Waals surface area (Å²) in [6.07, 6.45) is -38.8. The molecule has 0 bridgehead atoms. The van der Waals surface area contributed by atoms with Crippen molar-refractivity contribution in [3.8, 4) is 0 Å². The van der Waals surface area contributed by atoms with E-state index < -0.39 is 258 Å². The van der Waals surface area contributed by atoms with Gasteiger partial charge in [0.15, 0.2) is 31.4 Å². The van der Waals surface area contributed by atoms with E-state index in [2.05, 4.69) is 22.9 Å². The minimum atomic E-state index is -4.89. The van der Waals surface area contributed by atoms with Crippen LogP contribution in [0.3, 0.4) is 0 Å². The summed E-state index contributed by atoms with van der Waals surface area (Å²) >= 11 is 0. The zero-order chi connectivity index (χ0) is 77.6. The van der Waals surface area contributed by atoms with Crippen LogP contribution in [0.25, 0.3) is 6.08 Å². The van der Waals surface area contributed by atoms with Crippen molar-refractivity contribution < 1.29 is 166 Å². The third-order valence-electron chi connectivity index (χ3n) is 19.3. The molecule has 0 spiro atoms. The smallest absolute Gasteiger partial charge is 0.394 e. The number of carbonyl (C=O) groups is 4. The van der Waals surface area contributed by atoms with Crippen LogP contribution in [-0.4, -0.2) is 317 Å². The van der Waals surface area contributed by atoms with E-state index in [4.69, 9.17) is 47.4 Å². The maximum atomic E-state index is 15.3. The first-order valence-corrected chi connectivity index (χ1v) is 35.8. The van der Waals surface area contributed by atoms with E-state index in [0.717, 1.165) is 65.0 Å². The van der Waals surface area contributed by atoms with E-state index in [1.807, 2.05) is 0 Å². The molecule has 37 heteroatoms. The van der Waals surface area contributed by atoms with Crippen LogP contribution in [0.1, 0.15) is 147 Å². The normalized spacial score (nSPS) is 35.2. The summed E-state index contributed by atoms with van der Waals surface area (Å²) in [6, 6.07) is -4.05. The van der Waals surface area contributed by atoms with Gasteiger partial charge in [0.2, 0.25) is 23.5 Å². The summed E-state index contributed by atoms with van der Waals surface area (Å²) in [5.74, 6) is -6.48. The van der Waals surface area contributed by atoms with E-state index in [1.165, 1.54) is 51.4 Å². The number of hydrogen-bond donors (Lipinski definition) is 19. The number of ether oxygens (including phenoxy) is 10. The average molecular weight is 1520 g/mol. The molecule has 604 valence electrons. The number of aliphatic hydroxyl groups is 16. The van der Waals surface area contributed by atoms with Gasteiger partial charge in [-0.2, -0.15) is 13.2 Å². The Hall–Kier alpha value is -4.28. The van der Waals surface area contributed by atoms with Gasteiger partial charge in [-0.15, -0.1) is 0 Å². The van der Waals surface area contributed by atoms with Crippen LogP contribution in [0.15, 0.2) is 18.2 Å². The first kappa shape index (κ1) is 89.6. The van der Waals surface area contributed by atoms with Gasteiger partial charge in [0.25, 0.3) is 0 Å². The highest BCUT2D eigenvalue weighted by atomic mass is 19.4. The molecule has 6 rings (SSSR count). The summed E-state index contributed by atoms with van der Waals surface area (Å²) in [6.45, 7) is -1.25. The van der Waals surface area contributed by atoms with Gasteiger partial charge in [0, 0.05) is 32.3 Å². The van der Waals surface area contributed by atoms with E-state index in [1.54, 1.807) is 0 Å². The Morgan fingerprint density at radius 3 is 1.66 bits per heavy atom. The molecule has 28 atom stereocenters. The number of aryl methyl sites for hydroxylation is 1. The number of alkyl halides is 3. The number of aldehydes is 1. The topological polar surface area (TPSA) is 520 Å². The Kier molecular flexibility index (Phi) is 36.5. The molecule has 33 nitrogen and oxygen atoms in total. The van der Waals surface area contributed by atoms with Crippen LogP contribution in [0, 0.1) is 12.7 Å². The first-order chi connectivity index (χ1) is 49.8. The summed E-state index contributed by atoms with van der Waals surface area (Å²) in [7, 11) is 0. The van der Waals surface area contributed by atoms with E-state index >= 15 is 4.39 Å². The van der Waals surface area contributed by atoms with Crippen molar-refractivity contribution in [2.75, 3.05) is 39.6 Å². The Balaban J connectivity index is 1.27. The van der Waals surface area contributed by atoms with E-state index in [-0.39, 0.29) is 18.3 Å². The zero-order valence-corrected chi connectivity index (χ0v) is 59.1. The Morgan fingerprint density at radius 1 is 0.610 bits per heavy atom. The maximum Gasteiger partial charge on any atom is 0.416 e. The lowest BCUT2D eigenvalue weighted by Gasteiger charge is -2.52. The highest BCUT2D eigenvalue weighted by Gasteiger charge is 2.60. The fourth-order valence-corrected chi connectivity index (χ4v) is 13.4. The monoisotopic (exact) mass is 1520 g/mol. The number of aliphatic hydroxyl groups excluding tert-OH is 16. The molecule has 1 aromatic rings. The van der Waals surface area contributed by atoms with Gasteiger partial charge >= 0.3 is 6.18 Å². The van der Waals surface area contributed by atoms with Gasteiger partial charge in [0.1, 0.15) is 122 Å². The van der Waals surface area contributed by atoms with Gasteiger partial charge in [-0.3, -0.25) is 19.2 Å². The second-order valence-corrected chi connectivity index (χ2v) is 27.4. The number of carbonyl (C=O) groups excluding carboxylic acids is 4. The molecule has 5 fully saturated rings. The molecule has 19 N–H and O–H groups in total.